The fourth-order valence-corrected chi connectivity index (χ4v) is 2.65. The Bertz CT molecular complexity index is 628. The maximum Gasteiger partial charge on any atom is 0.262 e. The summed E-state index contributed by atoms with van der Waals surface area (Å²) in [5, 5.41) is 5.31. The fraction of sp³-hybridized carbons (Fsp3) is 0.462. The van der Waals surface area contributed by atoms with Crippen molar-refractivity contribution in [2.45, 2.75) is 39.3 Å². The summed E-state index contributed by atoms with van der Waals surface area (Å²) in [4.78, 5) is 28.9. The molecular weight excluding hydrogens is 262 g/mol. The molecule has 0 aliphatic heterocycles. The number of nitrogens with one attached hydrogen (secondary N) is 1. The van der Waals surface area contributed by atoms with Gasteiger partial charge in [0.15, 0.2) is 0 Å². The minimum atomic E-state index is -0.161. The number of hydrogen-bond acceptors (Lipinski definition) is 4. The summed E-state index contributed by atoms with van der Waals surface area (Å²) in [6, 6.07) is 1.91. The lowest BCUT2D eigenvalue weighted by molar-refractivity contribution is -0.122. The molecule has 2 rings (SSSR count). The van der Waals surface area contributed by atoms with Crippen molar-refractivity contribution in [2.75, 3.05) is 0 Å². The normalized spacial score (nSPS) is 11.1. The van der Waals surface area contributed by atoms with E-state index in [9.17, 15) is 9.59 Å². The molecule has 102 valence electrons. The minimum Gasteiger partial charge on any atom is -0.352 e. The Hall–Kier alpha value is -1.69. The van der Waals surface area contributed by atoms with Crippen molar-refractivity contribution in [1.29, 1.82) is 0 Å². The van der Waals surface area contributed by atoms with Crippen LogP contribution in [0.3, 0.4) is 0 Å². The van der Waals surface area contributed by atoms with Gasteiger partial charge in [-0.25, -0.2) is 4.98 Å². The van der Waals surface area contributed by atoms with Crippen LogP contribution in [0.25, 0.3) is 10.2 Å². The first-order valence-electron chi connectivity index (χ1n) is 6.37. The predicted molar refractivity (Wildman–Crippen MR) is 76.4 cm³/mol. The third kappa shape index (κ3) is 3.01. The lowest BCUT2D eigenvalue weighted by atomic mass is 10.2. The molecule has 0 aliphatic carbocycles. The highest BCUT2D eigenvalue weighted by atomic mass is 32.1. The van der Waals surface area contributed by atoms with E-state index < -0.39 is 0 Å². The molecule has 0 radical (unpaired) electrons. The van der Waals surface area contributed by atoms with Crippen LogP contribution in [0, 0.1) is 0 Å². The van der Waals surface area contributed by atoms with Gasteiger partial charge in [0.05, 0.1) is 11.7 Å². The van der Waals surface area contributed by atoms with Crippen LogP contribution in [0.2, 0.25) is 0 Å². The van der Waals surface area contributed by atoms with Crippen molar-refractivity contribution in [3.05, 3.63) is 28.1 Å². The zero-order chi connectivity index (χ0) is 13.8. The van der Waals surface area contributed by atoms with Crippen LogP contribution in [-0.4, -0.2) is 21.5 Å². The summed E-state index contributed by atoms with van der Waals surface area (Å²) in [5.74, 6) is -0.146. The van der Waals surface area contributed by atoms with Gasteiger partial charge in [0.2, 0.25) is 5.91 Å². The van der Waals surface area contributed by atoms with E-state index in [-0.39, 0.29) is 24.1 Å². The van der Waals surface area contributed by atoms with Crippen LogP contribution in [0.4, 0.5) is 0 Å². The van der Waals surface area contributed by atoms with E-state index in [2.05, 4.69) is 10.3 Å². The zero-order valence-corrected chi connectivity index (χ0v) is 11.9. The molecular formula is C13H17N3O2S. The zero-order valence-electron chi connectivity index (χ0n) is 11.0. The summed E-state index contributed by atoms with van der Waals surface area (Å²) >= 11 is 1.42. The number of hydrogen-bond donors (Lipinski definition) is 1. The minimum absolute atomic E-state index is 0.0219. The first kappa shape index (κ1) is 13.7. The molecule has 6 heteroatoms. The van der Waals surface area contributed by atoms with Crippen LogP contribution in [-0.2, 0) is 11.3 Å². The molecule has 1 amide bonds. The number of carbonyl (C=O) groups is 1. The molecule has 1 N–H and O–H groups in total. The molecule has 19 heavy (non-hydrogen) atoms. The molecule has 0 bridgehead atoms. The van der Waals surface area contributed by atoms with E-state index in [0.29, 0.717) is 10.2 Å². The number of amides is 1. The number of carbonyl (C=O) groups excluding carboxylic acids is 1. The number of thiophene rings is 1. The second-order valence-electron chi connectivity index (χ2n) is 4.40. The molecule has 0 fully saturated rings. The summed E-state index contributed by atoms with van der Waals surface area (Å²) in [7, 11) is 0. The van der Waals surface area contributed by atoms with Gasteiger partial charge in [-0.1, -0.05) is 13.8 Å². The van der Waals surface area contributed by atoms with Crippen LogP contribution < -0.4 is 10.9 Å². The largest absolute Gasteiger partial charge is 0.352 e. The Balaban J connectivity index is 2.15. The SMILES string of the molecule is CCC(CC)NC(=O)Cn1cnc2sccc2c1=O. The van der Waals surface area contributed by atoms with Gasteiger partial charge in [0, 0.05) is 6.04 Å². The Morgan fingerprint density at radius 1 is 1.47 bits per heavy atom. The molecule has 0 saturated heterocycles. The number of aromatic nitrogens is 2. The second-order valence-corrected chi connectivity index (χ2v) is 5.29. The lowest BCUT2D eigenvalue weighted by Crippen LogP contribution is -2.38. The average molecular weight is 279 g/mol. The second kappa shape index (κ2) is 5.97. The molecule has 0 aliphatic rings. The van der Waals surface area contributed by atoms with E-state index in [4.69, 9.17) is 0 Å². The van der Waals surface area contributed by atoms with Crippen molar-refractivity contribution < 1.29 is 4.79 Å². The monoisotopic (exact) mass is 279 g/mol. The molecule has 5 nitrogen and oxygen atoms in total. The Labute approximate surface area is 115 Å². The molecule has 0 spiro atoms. The van der Waals surface area contributed by atoms with Crippen LogP contribution in [0.15, 0.2) is 22.6 Å². The van der Waals surface area contributed by atoms with E-state index in [1.54, 1.807) is 6.07 Å². The quantitative estimate of drug-likeness (QED) is 0.907. The van der Waals surface area contributed by atoms with Crippen molar-refractivity contribution in [2.24, 2.45) is 0 Å². The van der Waals surface area contributed by atoms with Gasteiger partial charge < -0.3 is 5.32 Å². The van der Waals surface area contributed by atoms with Crippen molar-refractivity contribution in [3.8, 4) is 0 Å². The molecule has 0 unspecified atom stereocenters. The maximum absolute atomic E-state index is 12.1. The average Bonchev–Trinajstić information content (AvgIpc) is 2.88. The lowest BCUT2D eigenvalue weighted by Gasteiger charge is -2.15. The Morgan fingerprint density at radius 2 is 2.21 bits per heavy atom. The molecule has 2 aromatic rings. The van der Waals surface area contributed by atoms with Gasteiger partial charge in [-0.2, -0.15) is 0 Å². The topological polar surface area (TPSA) is 64.0 Å². The third-order valence-corrected chi connectivity index (χ3v) is 3.94. The van der Waals surface area contributed by atoms with Gasteiger partial charge in [-0.15, -0.1) is 11.3 Å². The van der Waals surface area contributed by atoms with E-state index in [0.717, 1.165) is 12.8 Å². The highest BCUT2D eigenvalue weighted by molar-refractivity contribution is 7.16. The fourth-order valence-electron chi connectivity index (χ4n) is 1.93. The standard InChI is InChI=1S/C13H17N3O2S/c1-3-9(4-2)15-11(17)7-16-8-14-12-10(13(16)18)5-6-19-12/h5-6,8-9H,3-4,7H2,1-2H3,(H,15,17). The molecule has 0 aromatic carbocycles. The van der Waals surface area contributed by atoms with Crippen LogP contribution in [0.5, 0.6) is 0 Å². The van der Waals surface area contributed by atoms with E-state index in [1.165, 1.54) is 22.2 Å². The van der Waals surface area contributed by atoms with Gasteiger partial charge >= 0.3 is 0 Å². The summed E-state index contributed by atoms with van der Waals surface area (Å²) < 4.78 is 1.35. The highest BCUT2D eigenvalue weighted by Gasteiger charge is 2.11. The van der Waals surface area contributed by atoms with Gasteiger partial charge in [0.1, 0.15) is 11.4 Å². The van der Waals surface area contributed by atoms with Crippen molar-refractivity contribution >= 4 is 27.5 Å². The van der Waals surface area contributed by atoms with Crippen LogP contribution in [0.1, 0.15) is 26.7 Å². The predicted octanol–water partition coefficient (Wildman–Crippen LogP) is 1.76. The number of rotatable bonds is 5. The van der Waals surface area contributed by atoms with Crippen molar-refractivity contribution in [1.82, 2.24) is 14.9 Å². The van der Waals surface area contributed by atoms with Crippen molar-refractivity contribution in [3.63, 3.8) is 0 Å². The molecule has 2 heterocycles. The van der Waals surface area contributed by atoms with E-state index in [1.807, 2.05) is 19.2 Å². The first-order valence-corrected chi connectivity index (χ1v) is 7.25. The molecule has 2 aromatic heterocycles. The summed E-state index contributed by atoms with van der Waals surface area (Å²) in [5.41, 5.74) is -0.161. The Kier molecular flexibility index (Phi) is 4.31. The number of fused-ring (bicyclic) bond motifs is 1. The highest BCUT2D eigenvalue weighted by Crippen LogP contribution is 2.13. The third-order valence-electron chi connectivity index (χ3n) is 3.12. The maximum atomic E-state index is 12.1. The summed E-state index contributed by atoms with van der Waals surface area (Å²) in [6.45, 7) is 4.08. The van der Waals surface area contributed by atoms with Gasteiger partial charge in [-0.05, 0) is 24.3 Å². The molecule has 0 saturated carbocycles. The summed E-state index contributed by atoms with van der Waals surface area (Å²) in [6.07, 6.45) is 3.21. The van der Waals surface area contributed by atoms with Crippen LogP contribution >= 0.6 is 11.3 Å². The molecule has 0 atom stereocenters. The smallest absolute Gasteiger partial charge is 0.262 e. The first-order chi connectivity index (χ1) is 9.15. The van der Waals surface area contributed by atoms with Gasteiger partial charge in [-0.3, -0.25) is 14.2 Å². The Morgan fingerprint density at radius 3 is 2.89 bits per heavy atom. The number of nitrogens with zero attached hydrogens (tertiary/aromatic N) is 2. The van der Waals surface area contributed by atoms with Gasteiger partial charge in [0.25, 0.3) is 5.56 Å². The van der Waals surface area contributed by atoms with E-state index >= 15 is 0 Å².